The summed E-state index contributed by atoms with van der Waals surface area (Å²) in [6, 6.07) is 12.7. The van der Waals surface area contributed by atoms with E-state index >= 15 is 0 Å². The molecule has 0 bridgehead atoms. The van der Waals surface area contributed by atoms with Crippen molar-refractivity contribution in [3.05, 3.63) is 42.0 Å². The molecule has 0 amide bonds. The lowest BCUT2D eigenvalue weighted by Gasteiger charge is -2.16. The third-order valence-corrected chi connectivity index (χ3v) is 4.54. The number of anilines is 2. The summed E-state index contributed by atoms with van der Waals surface area (Å²) in [5.41, 5.74) is 11.5. The maximum absolute atomic E-state index is 6.06. The average Bonchev–Trinajstić information content (AvgIpc) is 2.62. The number of nitrogens with one attached hydrogen (secondary N) is 1. The highest BCUT2D eigenvalue weighted by Gasteiger charge is 2.11. The van der Waals surface area contributed by atoms with E-state index in [1.54, 1.807) is 0 Å². The summed E-state index contributed by atoms with van der Waals surface area (Å²) in [7, 11) is 0. The zero-order valence-electron chi connectivity index (χ0n) is 16.1. The molecular weight excluding hydrogens is 308 g/mol. The summed E-state index contributed by atoms with van der Waals surface area (Å²) in [5, 5.41) is 3.33. The van der Waals surface area contributed by atoms with Gasteiger partial charge in [0.1, 0.15) is 5.75 Å². The number of rotatable bonds is 9. The van der Waals surface area contributed by atoms with Crippen LogP contribution in [0.5, 0.6) is 5.75 Å². The molecule has 0 aliphatic heterocycles. The Bertz CT molecular complexity index is 682. The lowest BCUT2D eigenvalue weighted by Crippen LogP contribution is -2.04. The van der Waals surface area contributed by atoms with Gasteiger partial charge >= 0.3 is 0 Å². The van der Waals surface area contributed by atoms with Crippen molar-refractivity contribution in [3.63, 3.8) is 0 Å². The minimum absolute atomic E-state index is 0.642. The molecule has 0 spiro atoms. The van der Waals surface area contributed by atoms with Gasteiger partial charge in [0.15, 0.2) is 0 Å². The average molecular weight is 341 g/mol. The van der Waals surface area contributed by atoms with Gasteiger partial charge in [-0.05, 0) is 66.6 Å². The molecule has 0 aliphatic rings. The Kier molecular flexibility index (Phi) is 7.17. The van der Waals surface area contributed by atoms with E-state index in [0.29, 0.717) is 5.92 Å². The van der Waals surface area contributed by atoms with Gasteiger partial charge < -0.3 is 15.8 Å². The standard InChI is InChI=1S/C22H32N2O/c1-5-12-25-22-11-9-17(14-19(22)13-16(4)6-2)18-8-10-20(23)21(15-18)24-7-3/h8-11,14-16,24H,5-7,12-13,23H2,1-4H3. The first-order valence-electron chi connectivity index (χ1n) is 9.48. The summed E-state index contributed by atoms with van der Waals surface area (Å²) in [6.45, 7) is 10.4. The largest absolute Gasteiger partial charge is 0.493 e. The molecule has 25 heavy (non-hydrogen) atoms. The molecule has 0 aliphatic carbocycles. The fourth-order valence-electron chi connectivity index (χ4n) is 2.87. The van der Waals surface area contributed by atoms with Crippen molar-refractivity contribution in [2.45, 2.75) is 47.0 Å². The number of benzene rings is 2. The second-order valence-corrected chi connectivity index (χ2v) is 6.72. The first-order chi connectivity index (χ1) is 12.1. The van der Waals surface area contributed by atoms with Crippen LogP contribution < -0.4 is 15.8 Å². The summed E-state index contributed by atoms with van der Waals surface area (Å²) in [6.07, 6.45) is 3.23. The van der Waals surface area contributed by atoms with Crippen LogP contribution in [0.3, 0.4) is 0 Å². The van der Waals surface area contributed by atoms with Crippen LogP contribution >= 0.6 is 0 Å². The van der Waals surface area contributed by atoms with Gasteiger partial charge in [0.2, 0.25) is 0 Å². The minimum atomic E-state index is 0.642. The molecule has 0 heterocycles. The molecule has 0 aromatic heterocycles. The van der Waals surface area contributed by atoms with Crippen molar-refractivity contribution < 1.29 is 4.74 Å². The van der Waals surface area contributed by atoms with Gasteiger partial charge in [-0.25, -0.2) is 0 Å². The quantitative estimate of drug-likeness (QED) is 0.572. The Balaban J connectivity index is 2.37. The van der Waals surface area contributed by atoms with Crippen LogP contribution in [0.15, 0.2) is 36.4 Å². The van der Waals surface area contributed by atoms with Gasteiger partial charge in [-0.2, -0.15) is 0 Å². The third-order valence-electron chi connectivity index (χ3n) is 4.54. The molecule has 1 atom stereocenters. The first-order valence-corrected chi connectivity index (χ1v) is 9.48. The minimum Gasteiger partial charge on any atom is -0.493 e. The zero-order chi connectivity index (χ0) is 18.2. The smallest absolute Gasteiger partial charge is 0.122 e. The van der Waals surface area contributed by atoms with Crippen molar-refractivity contribution in [1.29, 1.82) is 0 Å². The van der Waals surface area contributed by atoms with E-state index in [2.05, 4.69) is 63.3 Å². The second kappa shape index (κ2) is 9.36. The van der Waals surface area contributed by atoms with Gasteiger partial charge in [0, 0.05) is 6.54 Å². The van der Waals surface area contributed by atoms with E-state index in [0.717, 1.165) is 43.1 Å². The summed E-state index contributed by atoms with van der Waals surface area (Å²) in [5.74, 6) is 1.66. The van der Waals surface area contributed by atoms with Gasteiger partial charge in [0.05, 0.1) is 18.0 Å². The van der Waals surface area contributed by atoms with Gasteiger partial charge in [-0.15, -0.1) is 0 Å². The molecule has 3 nitrogen and oxygen atoms in total. The maximum Gasteiger partial charge on any atom is 0.122 e. The van der Waals surface area contributed by atoms with Crippen molar-refractivity contribution in [2.75, 3.05) is 24.2 Å². The van der Waals surface area contributed by atoms with Crippen LogP contribution in [0.25, 0.3) is 11.1 Å². The highest BCUT2D eigenvalue weighted by Crippen LogP contribution is 2.32. The van der Waals surface area contributed by atoms with Crippen molar-refractivity contribution in [3.8, 4) is 16.9 Å². The molecule has 0 saturated carbocycles. The van der Waals surface area contributed by atoms with Crippen LogP contribution in [0.2, 0.25) is 0 Å². The number of ether oxygens (including phenoxy) is 1. The summed E-state index contributed by atoms with van der Waals surface area (Å²) in [4.78, 5) is 0. The van der Waals surface area contributed by atoms with E-state index in [9.17, 15) is 0 Å². The Morgan fingerprint density at radius 1 is 1.04 bits per heavy atom. The molecular formula is C22H32N2O. The predicted octanol–water partition coefficient (Wildman–Crippen LogP) is 5.75. The molecule has 3 heteroatoms. The molecule has 0 fully saturated rings. The lowest BCUT2D eigenvalue weighted by molar-refractivity contribution is 0.312. The Hall–Kier alpha value is -2.16. The van der Waals surface area contributed by atoms with Crippen molar-refractivity contribution in [1.82, 2.24) is 0 Å². The Morgan fingerprint density at radius 2 is 1.76 bits per heavy atom. The molecule has 2 rings (SSSR count). The molecule has 0 radical (unpaired) electrons. The Morgan fingerprint density at radius 3 is 2.44 bits per heavy atom. The fourth-order valence-corrected chi connectivity index (χ4v) is 2.87. The van der Waals surface area contributed by atoms with Gasteiger partial charge in [0.25, 0.3) is 0 Å². The van der Waals surface area contributed by atoms with Crippen LogP contribution in [-0.2, 0) is 6.42 Å². The molecule has 2 aromatic rings. The van der Waals surface area contributed by atoms with E-state index in [-0.39, 0.29) is 0 Å². The maximum atomic E-state index is 6.06. The van der Waals surface area contributed by atoms with E-state index in [1.807, 2.05) is 6.07 Å². The van der Waals surface area contributed by atoms with E-state index < -0.39 is 0 Å². The van der Waals surface area contributed by atoms with Crippen molar-refractivity contribution in [2.24, 2.45) is 5.92 Å². The van der Waals surface area contributed by atoms with E-state index in [1.165, 1.54) is 23.1 Å². The topological polar surface area (TPSA) is 47.3 Å². The lowest BCUT2D eigenvalue weighted by atomic mass is 9.94. The highest BCUT2D eigenvalue weighted by atomic mass is 16.5. The predicted molar refractivity (Wildman–Crippen MR) is 109 cm³/mol. The third kappa shape index (κ3) is 5.15. The SMILES string of the molecule is CCCOc1ccc(-c2ccc(N)c(NCC)c2)cc1CC(C)CC. The van der Waals surface area contributed by atoms with Crippen LogP contribution in [-0.4, -0.2) is 13.2 Å². The number of hydrogen-bond donors (Lipinski definition) is 2. The monoisotopic (exact) mass is 340 g/mol. The fraction of sp³-hybridized carbons (Fsp3) is 0.455. The summed E-state index contributed by atoms with van der Waals surface area (Å²) < 4.78 is 5.97. The molecule has 1 unspecified atom stereocenters. The number of nitrogens with two attached hydrogens (primary N) is 1. The molecule has 136 valence electrons. The van der Waals surface area contributed by atoms with Crippen molar-refractivity contribution >= 4 is 11.4 Å². The first kappa shape index (κ1) is 19.2. The van der Waals surface area contributed by atoms with Crippen LogP contribution in [0, 0.1) is 5.92 Å². The van der Waals surface area contributed by atoms with Crippen LogP contribution in [0.4, 0.5) is 11.4 Å². The zero-order valence-corrected chi connectivity index (χ0v) is 16.1. The van der Waals surface area contributed by atoms with Gasteiger partial charge in [-0.3, -0.25) is 0 Å². The molecule has 0 saturated heterocycles. The van der Waals surface area contributed by atoms with Crippen LogP contribution in [0.1, 0.15) is 46.1 Å². The van der Waals surface area contributed by atoms with Gasteiger partial charge in [-0.1, -0.05) is 39.3 Å². The highest BCUT2D eigenvalue weighted by molar-refractivity contribution is 5.76. The van der Waals surface area contributed by atoms with E-state index in [4.69, 9.17) is 10.5 Å². The normalized spacial score (nSPS) is 12.0. The number of hydrogen-bond acceptors (Lipinski definition) is 3. The number of nitrogen functional groups attached to an aromatic ring is 1. The summed E-state index contributed by atoms with van der Waals surface area (Å²) >= 11 is 0. The Labute approximate surface area is 152 Å². The molecule has 3 N–H and O–H groups in total. The second-order valence-electron chi connectivity index (χ2n) is 6.72. The molecule has 2 aromatic carbocycles.